The van der Waals surface area contributed by atoms with E-state index in [1.807, 2.05) is 6.92 Å². The zero-order valence-electron chi connectivity index (χ0n) is 16.9. The van der Waals surface area contributed by atoms with Gasteiger partial charge in [0, 0.05) is 39.3 Å². The van der Waals surface area contributed by atoms with Gasteiger partial charge in [-0.05, 0) is 37.1 Å². The van der Waals surface area contributed by atoms with Gasteiger partial charge in [-0.3, -0.25) is 9.59 Å². The fourth-order valence-electron chi connectivity index (χ4n) is 3.09. The third-order valence-electron chi connectivity index (χ3n) is 4.71. The van der Waals surface area contributed by atoms with Crippen LogP contribution in [0.5, 0.6) is 0 Å². The molecule has 4 nitrogen and oxygen atoms in total. The topological polar surface area (TPSA) is 49.4 Å². The van der Waals surface area contributed by atoms with Crippen molar-refractivity contribution in [3.63, 3.8) is 0 Å². The van der Waals surface area contributed by atoms with Crippen molar-refractivity contribution < 1.29 is 14.0 Å². The van der Waals surface area contributed by atoms with Crippen molar-refractivity contribution in [2.45, 2.75) is 45.7 Å². The lowest BCUT2D eigenvalue weighted by molar-refractivity contribution is -0.141. The van der Waals surface area contributed by atoms with E-state index in [1.165, 1.54) is 23.1 Å². The van der Waals surface area contributed by atoms with Gasteiger partial charge in [-0.15, -0.1) is 0 Å². The molecule has 0 aliphatic rings. The molecular formula is C22H24Cl3FN2O2. The number of amides is 2. The highest BCUT2D eigenvalue weighted by Gasteiger charge is 2.30. The van der Waals surface area contributed by atoms with Gasteiger partial charge < -0.3 is 10.2 Å². The minimum absolute atomic E-state index is 0.0153. The molecule has 2 amide bonds. The molecule has 2 aromatic rings. The van der Waals surface area contributed by atoms with Gasteiger partial charge in [-0.1, -0.05) is 60.8 Å². The van der Waals surface area contributed by atoms with Crippen molar-refractivity contribution in [2.75, 3.05) is 6.54 Å². The molecule has 0 radical (unpaired) electrons. The van der Waals surface area contributed by atoms with E-state index in [9.17, 15) is 14.0 Å². The van der Waals surface area contributed by atoms with E-state index in [1.54, 1.807) is 25.1 Å². The molecule has 2 aromatic carbocycles. The largest absolute Gasteiger partial charge is 0.354 e. The summed E-state index contributed by atoms with van der Waals surface area (Å²) in [5.74, 6) is -1.30. The van der Waals surface area contributed by atoms with Gasteiger partial charge in [-0.2, -0.15) is 0 Å². The average molecular weight is 474 g/mol. The summed E-state index contributed by atoms with van der Waals surface area (Å²) < 4.78 is 14.3. The first-order valence-corrected chi connectivity index (χ1v) is 10.9. The van der Waals surface area contributed by atoms with Crippen molar-refractivity contribution in [1.29, 1.82) is 0 Å². The number of hydrogen-bond acceptors (Lipinski definition) is 2. The molecule has 0 heterocycles. The Bertz CT molecular complexity index is 867. The molecule has 0 aliphatic heterocycles. The molecular weight excluding hydrogens is 450 g/mol. The molecule has 0 saturated heterocycles. The highest BCUT2D eigenvalue weighted by atomic mass is 35.5. The number of hydrogen-bond donors (Lipinski definition) is 1. The van der Waals surface area contributed by atoms with Crippen LogP contribution in [0.15, 0.2) is 36.4 Å². The monoisotopic (exact) mass is 472 g/mol. The van der Waals surface area contributed by atoms with Gasteiger partial charge >= 0.3 is 0 Å². The maximum atomic E-state index is 14.3. The molecule has 0 aromatic heterocycles. The Morgan fingerprint density at radius 2 is 1.57 bits per heavy atom. The van der Waals surface area contributed by atoms with Crippen LogP contribution in [0, 0.1) is 5.82 Å². The lowest BCUT2D eigenvalue weighted by atomic mass is 10.1. The van der Waals surface area contributed by atoms with Crippen LogP contribution in [0.1, 0.15) is 37.8 Å². The molecule has 0 fully saturated rings. The smallest absolute Gasteiger partial charge is 0.242 e. The van der Waals surface area contributed by atoms with Gasteiger partial charge in [-0.25, -0.2) is 4.39 Å². The maximum absolute atomic E-state index is 14.3. The van der Waals surface area contributed by atoms with Gasteiger partial charge in [0.15, 0.2) is 0 Å². The first-order valence-electron chi connectivity index (χ1n) is 9.73. The first-order chi connectivity index (χ1) is 14.3. The maximum Gasteiger partial charge on any atom is 0.242 e. The minimum Gasteiger partial charge on any atom is -0.354 e. The summed E-state index contributed by atoms with van der Waals surface area (Å²) in [6.45, 7) is 4.25. The fraction of sp³-hybridized carbons (Fsp3) is 0.364. The Balaban J connectivity index is 2.41. The van der Waals surface area contributed by atoms with E-state index >= 15 is 0 Å². The quantitative estimate of drug-likeness (QED) is 0.511. The molecule has 1 atom stereocenters. The summed E-state index contributed by atoms with van der Waals surface area (Å²) >= 11 is 18.7. The van der Waals surface area contributed by atoms with E-state index in [4.69, 9.17) is 34.8 Å². The first kappa shape index (κ1) is 24.4. The van der Waals surface area contributed by atoms with Gasteiger partial charge in [0.1, 0.15) is 11.9 Å². The van der Waals surface area contributed by atoms with Crippen molar-refractivity contribution >= 4 is 46.6 Å². The molecule has 0 bridgehead atoms. The fourth-order valence-corrected chi connectivity index (χ4v) is 3.84. The van der Waals surface area contributed by atoms with Gasteiger partial charge in [0.25, 0.3) is 0 Å². The molecule has 30 heavy (non-hydrogen) atoms. The number of benzene rings is 2. The van der Waals surface area contributed by atoms with Crippen LogP contribution in [-0.2, 0) is 22.6 Å². The molecule has 0 saturated carbocycles. The summed E-state index contributed by atoms with van der Waals surface area (Å²) in [5, 5.41) is 3.74. The average Bonchev–Trinajstić information content (AvgIpc) is 2.71. The highest BCUT2D eigenvalue weighted by Crippen LogP contribution is 2.28. The predicted molar refractivity (Wildman–Crippen MR) is 120 cm³/mol. The SMILES string of the molecule is CCCNC(=O)C(CC)N(Cc1c(Cl)cccc1Cl)C(=O)Cc1c(F)cccc1Cl. The third-order valence-corrected chi connectivity index (χ3v) is 5.78. The Kier molecular flexibility index (Phi) is 9.40. The van der Waals surface area contributed by atoms with Crippen LogP contribution in [0.3, 0.4) is 0 Å². The van der Waals surface area contributed by atoms with Crippen LogP contribution in [0.25, 0.3) is 0 Å². The van der Waals surface area contributed by atoms with Crippen LogP contribution in [0.2, 0.25) is 15.1 Å². The third kappa shape index (κ3) is 6.10. The van der Waals surface area contributed by atoms with Crippen molar-refractivity contribution in [3.05, 3.63) is 68.4 Å². The van der Waals surface area contributed by atoms with Crippen LogP contribution < -0.4 is 5.32 Å². The van der Waals surface area contributed by atoms with E-state index < -0.39 is 17.8 Å². The lowest BCUT2D eigenvalue weighted by Crippen LogP contribution is -2.49. The molecule has 1 N–H and O–H groups in total. The van der Waals surface area contributed by atoms with Gasteiger partial charge in [0.05, 0.1) is 6.42 Å². The zero-order chi connectivity index (χ0) is 22.3. The second-order valence-corrected chi connectivity index (χ2v) is 8.04. The zero-order valence-corrected chi connectivity index (χ0v) is 19.1. The lowest BCUT2D eigenvalue weighted by Gasteiger charge is -2.31. The number of nitrogens with one attached hydrogen (secondary N) is 1. The molecule has 0 spiro atoms. The summed E-state index contributed by atoms with van der Waals surface area (Å²) in [7, 11) is 0. The molecule has 162 valence electrons. The predicted octanol–water partition coefficient (Wildman–Crippen LogP) is 5.66. The molecule has 1 unspecified atom stereocenters. The number of halogens is 4. The number of nitrogens with zero attached hydrogens (tertiary/aromatic N) is 1. The summed E-state index contributed by atoms with van der Waals surface area (Å²) in [4.78, 5) is 27.4. The summed E-state index contributed by atoms with van der Waals surface area (Å²) in [6, 6.07) is 8.50. The Morgan fingerprint density at radius 1 is 1.00 bits per heavy atom. The highest BCUT2D eigenvalue weighted by molar-refractivity contribution is 6.36. The summed E-state index contributed by atoms with van der Waals surface area (Å²) in [5.41, 5.74) is 0.610. The van der Waals surface area contributed by atoms with Crippen LogP contribution in [-0.4, -0.2) is 29.3 Å². The molecule has 2 rings (SSSR count). The number of rotatable bonds is 9. The Labute approximate surface area is 191 Å². The van der Waals surface area contributed by atoms with Crippen LogP contribution >= 0.6 is 34.8 Å². The summed E-state index contributed by atoms with van der Waals surface area (Å²) in [6.07, 6.45) is 0.844. The number of carbonyl (C=O) groups excluding carboxylic acids is 2. The Hall–Kier alpha value is -1.82. The molecule has 0 aliphatic carbocycles. The Morgan fingerprint density at radius 3 is 2.10 bits per heavy atom. The number of carbonyl (C=O) groups is 2. The minimum atomic E-state index is -0.762. The molecule has 8 heteroatoms. The normalized spacial score (nSPS) is 11.8. The van der Waals surface area contributed by atoms with E-state index in [2.05, 4.69) is 5.32 Å². The van der Waals surface area contributed by atoms with Crippen molar-refractivity contribution in [1.82, 2.24) is 10.2 Å². The van der Waals surface area contributed by atoms with Crippen molar-refractivity contribution in [2.24, 2.45) is 0 Å². The van der Waals surface area contributed by atoms with Gasteiger partial charge in [0.2, 0.25) is 11.8 Å². The van der Waals surface area contributed by atoms with E-state index in [0.29, 0.717) is 28.6 Å². The second-order valence-electron chi connectivity index (χ2n) is 6.81. The van der Waals surface area contributed by atoms with E-state index in [-0.39, 0.29) is 29.5 Å². The van der Waals surface area contributed by atoms with E-state index in [0.717, 1.165) is 6.42 Å². The second kappa shape index (κ2) is 11.5. The van der Waals surface area contributed by atoms with Crippen molar-refractivity contribution in [3.8, 4) is 0 Å². The standard InChI is InChI=1S/C22H24Cl3FN2O2/c1-3-11-27-22(30)20(4-2)28(13-15-17(24)7-5-8-18(15)25)21(29)12-14-16(23)9-6-10-19(14)26/h5-10,20H,3-4,11-13H2,1-2H3,(H,27,30). The van der Waals surface area contributed by atoms with Crippen LogP contribution in [0.4, 0.5) is 4.39 Å².